The van der Waals surface area contributed by atoms with E-state index in [9.17, 15) is 27.6 Å². The molecule has 0 saturated heterocycles. The Labute approximate surface area is 157 Å². The number of nitrogens with one attached hydrogen (secondary N) is 1. The lowest BCUT2D eigenvalue weighted by molar-refractivity contribution is -0.146. The van der Waals surface area contributed by atoms with Gasteiger partial charge in [0.15, 0.2) is 5.69 Å². The highest BCUT2D eigenvalue weighted by Crippen LogP contribution is 2.30. The fraction of sp³-hybridized carbons (Fsp3) is 0.333. The summed E-state index contributed by atoms with van der Waals surface area (Å²) in [6, 6.07) is 5.36. The Hall–Kier alpha value is -3.17. The van der Waals surface area contributed by atoms with Gasteiger partial charge in [0.1, 0.15) is 0 Å². The number of benzene rings is 1. The number of hydrogen-bond donors (Lipinski definition) is 2. The maximum Gasteiger partial charge on any atom is 0.416 e. The molecule has 0 saturated carbocycles. The second-order valence-electron chi connectivity index (χ2n) is 6.83. The van der Waals surface area contributed by atoms with Crippen molar-refractivity contribution in [2.75, 3.05) is 6.54 Å². The minimum absolute atomic E-state index is 0.0206. The van der Waals surface area contributed by atoms with Crippen LogP contribution in [0.25, 0.3) is 5.69 Å². The van der Waals surface area contributed by atoms with Crippen LogP contribution in [0, 0.1) is 12.3 Å². The van der Waals surface area contributed by atoms with Gasteiger partial charge < -0.3 is 10.4 Å². The largest absolute Gasteiger partial charge is 0.481 e. The van der Waals surface area contributed by atoms with Crippen molar-refractivity contribution in [1.82, 2.24) is 15.1 Å². The SMILES string of the molecule is Cc1cc(=O)c(C(=O)NCC(C)(C)C(=O)O)nn1-c1cccc(C(F)(F)F)c1. The minimum Gasteiger partial charge on any atom is -0.481 e. The minimum atomic E-state index is -4.56. The first-order chi connectivity index (χ1) is 12.8. The number of halogens is 3. The van der Waals surface area contributed by atoms with Gasteiger partial charge in [-0.15, -0.1) is 0 Å². The normalized spacial score (nSPS) is 11.9. The van der Waals surface area contributed by atoms with Gasteiger partial charge in [-0.1, -0.05) is 6.07 Å². The average molecular weight is 397 g/mol. The van der Waals surface area contributed by atoms with Crippen LogP contribution in [0.2, 0.25) is 0 Å². The summed E-state index contributed by atoms with van der Waals surface area (Å²) in [6.07, 6.45) is -4.56. The van der Waals surface area contributed by atoms with Crippen molar-refractivity contribution in [3.8, 4) is 5.69 Å². The third kappa shape index (κ3) is 4.56. The molecule has 0 radical (unpaired) electrons. The summed E-state index contributed by atoms with van der Waals surface area (Å²) in [5.74, 6) is -2.06. The van der Waals surface area contributed by atoms with E-state index < -0.39 is 40.2 Å². The zero-order valence-electron chi connectivity index (χ0n) is 15.3. The number of alkyl halides is 3. The molecule has 0 atom stereocenters. The summed E-state index contributed by atoms with van der Waals surface area (Å²) in [7, 11) is 0. The molecule has 1 heterocycles. The van der Waals surface area contributed by atoms with Crippen LogP contribution in [0.3, 0.4) is 0 Å². The molecule has 2 rings (SSSR count). The Balaban J connectivity index is 2.42. The molecular formula is C18H18F3N3O4. The van der Waals surface area contributed by atoms with Gasteiger partial charge in [-0.25, -0.2) is 4.68 Å². The summed E-state index contributed by atoms with van der Waals surface area (Å²) in [4.78, 5) is 35.5. The van der Waals surface area contributed by atoms with Crippen LogP contribution in [-0.4, -0.2) is 33.3 Å². The second kappa shape index (κ2) is 7.45. The Morgan fingerprint density at radius 3 is 2.43 bits per heavy atom. The molecule has 0 aliphatic heterocycles. The zero-order chi connectivity index (χ0) is 21.3. The number of carboxylic acid groups (broad SMARTS) is 1. The second-order valence-corrected chi connectivity index (χ2v) is 6.83. The Kier molecular flexibility index (Phi) is 5.62. The smallest absolute Gasteiger partial charge is 0.416 e. The van der Waals surface area contributed by atoms with Crippen molar-refractivity contribution in [3.63, 3.8) is 0 Å². The number of hydrogen-bond acceptors (Lipinski definition) is 4. The number of amides is 1. The predicted octanol–water partition coefficient (Wildman–Crippen LogP) is 2.40. The number of aliphatic carboxylic acids is 1. The fourth-order valence-corrected chi connectivity index (χ4v) is 2.24. The summed E-state index contributed by atoms with van der Waals surface area (Å²) >= 11 is 0. The molecule has 1 aromatic heterocycles. The van der Waals surface area contributed by atoms with Gasteiger partial charge in [0, 0.05) is 18.3 Å². The van der Waals surface area contributed by atoms with Crippen LogP contribution in [0.4, 0.5) is 13.2 Å². The highest BCUT2D eigenvalue weighted by molar-refractivity contribution is 5.92. The van der Waals surface area contributed by atoms with Gasteiger partial charge >= 0.3 is 12.1 Å². The van der Waals surface area contributed by atoms with E-state index in [2.05, 4.69) is 10.4 Å². The van der Waals surface area contributed by atoms with Crippen molar-refractivity contribution in [2.24, 2.45) is 5.41 Å². The van der Waals surface area contributed by atoms with Gasteiger partial charge in [-0.05, 0) is 39.0 Å². The maximum absolute atomic E-state index is 12.9. The molecule has 150 valence electrons. The number of aryl methyl sites for hydroxylation is 1. The summed E-state index contributed by atoms with van der Waals surface area (Å²) in [6.45, 7) is 3.97. The molecule has 1 amide bonds. The van der Waals surface area contributed by atoms with E-state index in [0.717, 1.165) is 22.9 Å². The van der Waals surface area contributed by atoms with Crippen LogP contribution in [0.1, 0.15) is 35.6 Å². The molecule has 0 aliphatic rings. The van der Waals surface area contributed by atoms with Crippen molar-refractivity contribution in [2.45, 2.75) is 26.9 Å². The average Bonchev–Trinajstić information content (AvgIpc) is 2.59. The first-order valence-electron chi connectivity index (χ1n) is 8.13. The molecule has 1 aromatic carbocycles. The van der Waals surface area contributed by atoms with Crippen LogP contribution in [0.5, 0.6) is 0 Å². The van der Waals surface area contributed by atoms with Crippen molar-refractivity contribution < 1.29 is 27.9 Å². The van der Waals surface area contributed by atoms with Gasteiger partial charge in [-0.2, -0.15) is 18.3 Å². The van der Waals surface area contributed by atoms with Crippen LogP contribution < -0.4 is 10.7 Å². The van der Waals surface area contributed by atoms with E-state index in [0.29, 0.717) is 0 Å². The van der Waals surface area contributed by atoms with Gasteiger partial charge in [0.25, 0.3) is 5.91 Å². The highest BCUT2D eigenvalue weighted by atomic mass is 19.4. The Morgan fingerprint density at radius 1 is 1.21 bits per heavy atom. The highest BCUT2D eigenvalue weighted by Gasteiger charge is 2.31. The third-order valence-corrected chi connectivity index (χ3v) is 4.01. The third-order valence-electron chi connectivity index (χ3n) is 4.01. The molecule has 28 heavy (non-hydrogen) atoms. The number of aromatic nitrogens is 2. The number of rotatable bonds is 5. The summed E-state index contributed by atoms with van der Waals surface area (Å²) < 4.78 is 39.9. The van der Waals surface area contributed by atoms with E-state index in [1.165, 1.54) is 32.9 Å². The number of carbonyl (C=O) groups is 2. The van der Waals surface area contributed by atoms with Crippen LogP contribution in [-0.2, 0) is 11.0 Å². The first kappa shape index (κ1) is 21.1. The quantitative estimate of drug-likeness (QED) is 0.807. The Morgan fingerprint density at radius 2 is 1.86 bits per heavy atom. The molecule has 0 unspecified atom stereocenters. The van der Waals surface area contributed by atoms with Crippen molar-refractivity contribution in [3.05, 3.63) is 57.5 Å². The summed E-state index contributed by atoms with van der Waals surface area (Å²) in [5.41, 5.74) is -3.21. The number of nitrogens with zero attached hydrogens (tertiary/aromatic N) is 2. The zero-order valence-corrected chi connectivity index (χ0v) is 15.3. The number of carboxylic acids is 1. The van der Waals surface area contributed by atoms with Gasteiger partial charge in [0.05, 0.1) is 16.7 Å². The molecule has 10 heteroatoms. The van der Waals surface area contributed by atoms with E-state index in [1.54, 1.807) is 0 Å². The lowest BCUT2D eigenvalue weighted by Gasteiger charge is -2.19. The molecular weight excluding hydrogens is 379 g/mol. The molecule has 2 N–H and O–H groups in total. The molecule has 0 aliphatic carbocycles. The van der Waals surface area contributed by atoms with Crippen molar-refractivity contribution in [1.29, 1.82) is 0 Å². The van der Waals surface area contributed by atoms with Crippen LogP contribution >= 0.6 is 0 Å². The molecule has 0 fully saturated rings. The molecule has 7 nitrogen and oxygen atoms in total. The van der Waals surface area contributed by atoms with E-state index in [4.69, 9.17) is 5.11 Å². The molecule has 0 spiro atoms. The van der Waals surface area contributed by atoms with Crippen LogP contribution in [0.15, 0.2) is 35.1 Å². The van der Waals surface area contributed by atoms with Gasteiger partial charge in [-0.3, -0.25) is 14.4 Å². The monoisotopic (exact) mass is 397 g/mol. The standard InChI is InChI=1S/C18H18F3N3O4/c1-10-7-13(25)14(15(26)22-9-17(2,3)16(27)28)23-24(10)12-6-4-5-11(8-12)18(19,20)21/h4-8H,9H2,1-3H3,(H,22,26)(H,27,28). The molecule has 0 bridgehead atoms. The van der Waals surface area contributed by atoms with E-state index in [-0.39, 0.29) is 17.9 Å². The topological polar surface area (TPSA) is 101 Å². The van der Waals surface area contributed by atoms with Crippen molar-refractivity contribution >= 4 is 11.9 Å². The Bertz CT molecular complexity index is 981. The predicted molar refractivity (Wildman–Crippen MR) is 93.3 cm³/mol. The molecule has 2 aromatic rings. The van der Waals surface area contributed by atoms with Gasteiger partial charge in [0.2, 0.25) is 5.43 Å². The summed E-state index contributed by atoms with van der Waals surface area (Å²) in [5, 5.41) is 15.3. The van der Waals surface area contributed by atoms with E-state index in [1.807, 2.05) is 0 Å². The first-order valence-corrected chi connectivity index (χ1v) is 8.13. The van der Waals surface area contributed by atoms with E-state index >= 15 is 0 Å². The lowest BCUT2D eigenvalue weighted by Crippen LogP contribution is -2.41. The maximum atomic E-state index is 12.9. The number of carbonyl (C=O) groups excluding carboxylic acids is 1. The lowest BCUT2D eigenvalue weighted by atomic mass is 9.94. The fourth-order valence-electron chi connectivity index (χ4n) is 2.24.